The average molecular weight is 205 g/mol. The minimum absolute atomic E-state index is 0.494. The van der Waals surface area contributed by atoms with E-state index in [0.29, 0.717) is 12.1 Å². The Bertz CT molecular complexity index is 146. The number of nitrogens with one attached hydrogen (secondary N) is 1. The third kappa shape index (κ3) is 7.20. The maximum absolute atomic E-state index is 10.9. The summed E-state index contributed by atoms with van der Waals surface area (Å²) in [5.41, 5.74) is 0. The molecule has 0 aromatic rings. The van der Waals surface area contributed by atoms with Crippen LogP contribution in [0.15, 0.2) is 0 Å². The molecule has 0 aromatic heterocycles. The monoisotopic (exact) mass is 205 g/mol. The minimum Gasteiger partial charge on any atom is -0.311 e. The Morgan fingerprint density at radius 3 is 2.23 bits per heavy atom. The Morgan fingerprint density at radius 2 is 1.85 bits per heavy atom. The number of hydrogen-bond donors (Lipinski definition) is 1. The first-order chi connectivity index (χ1) is 6.10. The lowest BCUT2D eigenvalue weighted by Crippen LogP contribution is -2.36. The summed E-state index contributed by atoms with van der Waals surface area (Å²) in [5.74, 6) is 0.814. The van der Waals surface area contributed by atoms with Gasteiger partial charge in [0.15, 0.2) is 0 Å². The van der Waals surface area contributed by atoms with Gasteiger partial charge in [-0.3, -0.25) is 4.21 Å². The highest BCUT2D eigenvalue weighted by Crippen LogP contribution is 2.01. The highest BCUT2D eigenvalue weighted by atomic mass is 32.2. The van der Waals surface area contributed by atoms with Crippen molar-refractivity contribution in [2.45, 2.75) is 52.1 Å². The molecule has 1 N–H and O–H groups in total. The fourth-order valence-electron chi connectivity index (χ4n) is 1.35. The molecule has 0 aliphatic rings. The van der Waals surface area contributed by atoms with E-state index in [2.05, 4.69) is 26.1 Å². The van der Waals surface area contributed by atoms with Gasteiger partial charge in [0, 0.05) is 34.9 Å². The fraction of sp³-hybridized carbons (Fsp3) is 1.00. The van der Waals surface area contributed by atoms with Crippen LogP contribution < -0.4 is 5.32 Å². The summed E-state index contributed by atoms with van der Waals surface area (Å²) in [6, 6.07) is 1.12. The number of rotatable bonds is 7. The molecule has 0 amide bonds. The molecule has 0 heterocycles. The first kappa shape index (κ1) is 13.1. The van der Waals surface area contributed by atoms with Gasteiger partial charge in [-0.1, -0.05) is 13.8 Å². The minimum atomic E-state index is -0.645. The molecule has 0 aromatic carbocycles. The zero-order chi connectivity index (χ0) is 10.3. The largest absolute Gasteiger partial charge is 0.311 e. The van der Waals surface area contributed by atoms with Crippen LogP contribution in [0.2, 0.25) is 0 Å². The second kappa shape index (κ2) is 7.51. The van der Waals surface area contributed by atoms with E-state index < -0.39 is 10.8 Å². The van der Waals surface area contributed by atoms with Gasteiger partial charge in [0.05, 0.1) is 0 Å². The highest BCUT2D eigenvalue weighted by Gasteiger charge is 2.08. The Morgan fingerprint density at radius 1 is 1.31 bits per heavy atom. The van der Waals surface area contributed by atoms with E-state index in [4.69, 9.17) is 0 Å². The second-order valence-corrected chi connectivity index (χ2v) is 5.20. The van der Waals surface area contributed by atoms with Gasteiger partial charge < -0.3 is 5.32 Å². The molecule has 0 saturated carbocycles. The van der Waals surface area contributed by atoms with Crippen molar-refractivity contribution < 1.29 is 4.21 Å². The van der Waals surface area contributed by atoms with E-state index in [-0.39, 0.29) is 0 Å². The number of hydrogen-bond acceptors (Lipinski definition) is 2. The molecular weight excluding hydrogens is 182 g/mol. The molecule has 3 heteroatoms. The normalized spacial score (nSPS) is 16.1. The quantitative estimate of drug-likeness (QED) is 0.688. The molecule has 2 unspecified atom stereocenters. The van der Waals surface area contributed by atoms with Crippen molar-refractivity contribution in [3.05, 3.63) is 0 Å². The van der Waals surface area contributed by atoms with E-state index >= 15 is 0 Å². The van der Waals surface area contributed by atoms with Gasteiger partial charge in [0.2, 0.25) is 0 Å². The third-order valence-corrected chi connectivity index (χ3v) is 3.15. The summed E-state index contributed by atoms with van der Waals surface area (Å²) in [7, 11) is -0.645. The first-order valence-electron chi connectivity index (χ1n) is 5.16. The molecule has 0 aliphatic carbocycles. The topological polar surface area (TPSA) is 29.1 Å². The molecule has 0 spiro atoms. The van der Waals surface area contributed by atoms with E-state index in [9.17, 15) is 4.21 Å². The van der Waals surface area contributed by atoms with E-state index in [1.165, 1.54) is 12.8 Å². The smallest absolute Gasteiger partial charge is 0.0246 e. The molecular formula is C10H23NOS. The summed E-state index contributed by atoms with van der Waals surface area (Å²) in [6.07, 6.45) is 5.13. The molecule has 0 bridgehead atoms. The van der Waals surface area contributed by atoms with Crippen molar-refractivity contribution in [3.63, 3.8) is 0 Å². The molecule has 80 valence electrons. The van der Waals surface area contributed by atoms with Crippen molar-refractivity contribution in [1.29, 1.82) is 0 Å². The van der Waals surface area contributed by atoms with Gasteiger partial charge in [-0.15, -0.1) is 0 Å². The van der Waals surface area contributed by atoms with Crippen LogP contribution >= 0.6 is 0 Å². The summed E-state index contributed by atoms with van der Waals surface area (Å²) in [5, 5.41) is 3.54. The molecule has 0 aliphatic heterocycles. The Balaban J connectivity index is 3.59. The lowest BCUT2D eigenvalue weighted by molar-refractivity contribution is 0.418. The molecule has 0 rings (SSSR count). The van der Waals surface area contributed by atoms with Crippen LogP contribution in [0.1, 0.15) is 40.0 Å². The maximum Gasteiger partial charge on any atom is 0.0246 e. The third-order valence-electron chi connectivity index (χ3n) is 2.34. The summed E-state index contributed by atoms with van der Waals surface area (Å²) in [4.78, 5) is 0. The maximum atomic E-state index is 10.9. The van der Waals surface area contributed by atoms with E-state index in [0.717, 1.165) is 12.2 Å². The van der Waals surface area contributed by atoms with Gasteiger partial charge in [-0.05, 0) is 26.2 Å². The SMILES string of the molecule is CCC(CC)NC(C)CCS(C)=O. The van der Waals surface area contributed by atoms with Gasteiger partial charge in [-0.2, -0.15) is 0 Å². The zero-order valence-electron chi connectivity index (χ0n) is 9.30. The molecule has 2 nitrogen and oxygen atoms in total. The average Bonchev–Trinajstić information content (AvgIpc) is 2.10. The summed E-state index contributed by atoms with van der Waals surface area (Å²) in [6.45, 7) is 6.57. The standard InChI is InChI=1S/C10H23NOS/c1-5-10(6-2)11-9(3)7-8-13(4)12/h9-11H,5-8H2,1-4H3. The van der Waals surface area contributed by atoms with Crippen molar-refractivity contribution in [2.75, 3.05) is 12.0 Å². The van der Waals surface area contributed by atoms with Crippen LogP contribution in [0, 0.1) is 0 Å². The van der Waals surface area contributed by atoms with Crippen LogP contribution in [0.3, 0.4) is 0 Å². The molecule has 13 heavy (non-hydrogen) atoms. The van der Waals surface area contributed by atoms with Gasteiger partial charge in [0.1, 0.15) is 0 Å². The van der Waals surface area contributed by atoms with Crippen molar-refractivity contribution >= 4 is 10.8 Å². The first-order valence-corrected chi connectivity index (χ1v) is 6.88. The Kier molecular flexibility index (Phi) is 7.57. The van der Waals surface area contributed by atoms with Crippen LogP contribution in [-0.2, 0) is 10.8 Å². The Hall–Kier alpha value is 0.110. The zero-order valence-corrected chi connectivity index (χ0v) is 10.1. The van der Waals surface area contributed by atoms with Crippen molar-refractivity contribution in [3.8, 4) is 0 Å². The lowest BCUT2D eigenvalue weighted by atomic mass is 10.1. The van der Waals surface area contributed by atoms with Gasteiger partial charge >= 0.3 is 0 Å². The van der Waals surface area contributed by atoms with Crippen LogP contribution in [-0.4, -0.2) is 28.3 Å². The highest BCUT2D eigenvalue weighted by molar-refractivity contribution is 7.84. The van der Waals surface area contributed by atoms with Crippen LogP contribution in [0.4, 0.5) is 0 Å². The summed E-state index contributed by atoms with van der Waals surface area (Å²) < 4.78 is 10.9. The Labute approximate surface area is 84.9 Å². The molecule has 0 saturated heterocycles. The van der Waals surface area contributed by atoms with Crippen LogP contribution in [0.25, 0.3) is 0 Å². The van der Waals surface area contributed by atoms with Gasteiger partial charge in [0.25, 0.3) is 0 Å². The molecule has 0 radical (unpaired) electrons. The molecule has 2 atom stereocenters. The molecule has 0 fully saturated rings. The van der Waals surface area contributed by atoms with Gasteiger partial charge in [-0.25, -0.2) is 0 Å². The van der Waals surface area contributed by atoms with Crippen molar-refractivity contribution in [2.24, 2.45) is 0 Å². The lowest BCUT2D eigenvalue weighted by Gasteiger charge is -2.20. The van der Waals surface area contributed by atoms with E-state index in [1.54, 1.807) is 6.26 Å². The second-order valence-electron chi connectivity index (χ2n) is 3.65. The van der Waals surface area contributed by atoms with Crippen molar-refractivity contribution in [1.82, 2.24) is 5.32 Å². The summed E-state index contributed by atoms with van der Waals surface area (Å²) >= 11 is 0. The predicted octanol–water partition coefficient (Wildman–Crippen LogP) is 1.92. The van der Waals surface area contributed by atoms with E-state index in [1.807, 2.05) is 0 Å². The predicted molar refractivity (Wildman–Crippen MR) is 60.5 cm³/mol. The fourth-order valence-corrected chi connectivity index (χ4v) is 2.04. The van der Waals surface area contributed by atoms with Crippen LogP contribution in [0.5, 0.6) is 0 Å².